The van der Waals surface area contributed by atoms with E-state index in [0.29, 0.717) is 40.7 Å². The Balaban J connectivity index is 1.73. The number of nitriles is 1. The van der Waals surface area contributed by atoms with Crippen LogP contribution in [0.5, 0.6) is 5.75 Å². The van der Waals surface area contributed by atoms with E-state index in [4.69, 9.17) is 20.8 Å². The minimum atomic E-state index is -2.01. The predicted octanol–water partition coefficient (Wildman–Crippen LogP) is 7.26. The maximum Gasteiger partial charge on any atom is 0.228 e. The number of aromatic nitrogens is 2. The molecule has 0 spiro atoms. The number of fused-ring (bicyclic) bond motifs is 1. The highest BCUT2D eigenvalue weighted by Gasteiger charge is 2.42. The highest BCUT2D eigenvalue weighted by molar-refractivity contribution is 6.74. The summed E-state index contributed by atoms with van der Waals surface area (Å²) in [5.74, 6) is 0.113. The molecule has 1 atom stereocenters. The third-order valence-electron chi connectivity index (χ3n) is 7.55. The summed E-state index contributed by atoms with van der Waals surface area (Å²) in [5, 5.41) is 16.9. The average Bonchev–Trinajstić information content (AvgIpc) is 3.20. The van der Waals surface area contributed by atoms with Crippen LogP contribution < -0.4 is 15.4 Å². The molecule has 3 aromatic rings. The number of hydrogen-bond acceptors (Lipinski definition) is 7. The van der Waals surface area contributed by atoms with Gasteiger partial charge in [-0.3, -0.25) is 0 Å². The van der Waals surface area contributed by atoms with Crippen molar-refractivity contribution in [1.82, 2.24) is 9.97 Å². The molecule has 2 N–H and O–H groups in total. The monoisotopic (exact) mass is 553 g/mol. The van der Waals surface area contributed by atoms with Crippen LogP contribution in [0.4, 0.5) is 21.7 Å². The van der Waals surface area contributed by atoms with Gasteiger partial charge in [-0.05, 0) is 54.0 Å². The lowest BCUT2D eigenvalue weighted by Crippen LogP contribution is -2.45. The molecule has 0 fully saturated rings. The summed E-state index contributed by atoms with van der Waals surface area (Å²) in [6.45, 7) is 14.3. The van der Waals surface area contributed by atoms with Crippen molar-refractivity contribution in [2.24, 2.45) is 0 Å². The molecule has 2 heterocycles. The van der Waals surface area contributed by atoms with Gasteiger partial charge in [0, 0.05) is 29.2 Å². The first-order valence-electron chi connectivity index (χ1n) is 12.4. The van der Waals surface area contributed by atoms with E-state index in [1.807, 2.05) is 6.07 Å². The van der Waals surface area contributed by atoms with Crippen molar-refractivity contribution in [3.8, 4) is 23.1 Å². The minimum Gasteiger partial charge on any atom is -0.495 e. The second-order valence-electron chi connectivity index (χ2n) is 11.4. The first-order chi connectivity index (χ1) is 17.8. The van der Waals surface area contributed by atoms with E-state index >= 15 is 4.39 Å². The summed E-state index contributed by atoms with van der Waals surface area (Å²) in [6.07, 6.45) is 1.11. The number of benzene rings is 2. The molecule has 4 rings (SSSR count). The first-order valence-corrected chi connectivity index (χ1v) is 15.7. The molecule has 1 aromatic heterocycles. The molecular formula is C28H33ClFN5O2Si. The van der Waals surface area contributed by atoms with Gasteiger partial charge in [0.25, 0.3) is 0 Å². The van der Waals surface area contributed by atoms with Crippen LogP contribution >= 0.6 is 11.6 Å². The van der Waals surface area contributed by atoms with E-state index in [9.17, 15) is 5.26 Å². The maximum absolute atomic E-state index is 15.1. The molecule has 1 aliphatic rings. The molecule has 38 heavy (non-hydrogen) atoms. The van der Waals surface area contributed by atoms with Crippen molar-refractivity contribution in [3.05, 3.63) is 58.5 Å². The van der Waals surface area contributed by atoms with Gasteiger partial charge in [0.2, 0.25) is 5.95 Å². The second-order valence-corrected chi connectivity index (χ2v) is 16.6. The number of anilines is 3. The van der Waals surface area contributed by atoms with Crippen molar-refractivity contribution in [1.29, 1.82) is 5.26 Å². The van der Waals surface area contributed by atoms with E-state index < -0.39 is 19.5 Å². The molecule has 0 saturated carbocycles. The van der Waals surface area contributed by atoms with Crippen molar-refractivity contribution in [2.75, 3.05) is 30.9 Å². The topological polar surface area (TPSA) is 92.1 Å². The fourth-order valence-electron chi connectivity index (χ4n) is 4.13. The Morgan fingerprint density at radius 2 is 2.00 bits per heavy atom. The molecular weight excluding hydrogens is 521 g/mol. The molecule has 0 aliphatic carbocycles. The van der Waals surface area contributed by atoms with Crippen LogP contribution in [0.3, 0.4) is 0 Å². The SMILES string of the molecule is COc1ccc(Cl)cc1Nc1ncc(F)c(-c2cc(C#N)c3c(c2)C(C)(CO[Si](C)(C)C(C)(C)C)CN3)n1. The largest absolute Gasteiger partial charge is 0.495 e. The Labute approximate surface area is 229 Å². The van der Waals surface area contributed by atoms with Crippen molar-refractivity contribution in [2.45, 2.75) is 51.2 Å². The molecule has 0 radical (unpaired) electrons. The molecule has 7 nitrogen and oxygen atoms in total. The smallest absolute Gasteiger partial charge is 0.228 e. The van der Waals surface area contributed by atoms with E-state index in [2.05, 4.69) is 67.5 Å². The van der Waals surface area contributed by atoms with Gasteiger partial charge in [0.1, 0.15) is 17.5 Å². The van der Waals surface area contributed by atoms with Gasteiger partial charge in [0.05, 0.1) is 30.2 Å². The zero-order chi connectivity index (χ0) is 27.9. The third-order valence-corrected chi connectivity index (χ3v) is 12.3. The highest BCUT2D eigenvalue weighted by atomic mass is 35.5. The minimum absolute atomic E-state index is 0.0665. The number of halogens is 2. The Hall–Kier alpha value is -3.19. The average molecular weight is 554 g/mol. The summed E-state index contributed by atoms with van der Waals surface area (Å²) < 4.78 is 27.1. The second kappa shape index (κ2) is 10.2. The number of ether oxygens (including phenoxy) is 1. The maximum atomic E-state index is 15.1. The fourth-order valence-corrected chi connectivity index (χ4v) is 5.41. The van der Waals surface area contributed by atoms with Crippen molar-refractivity contribution >= 4 is 37.2 Å². The normalized spacial score (nSPS) is 16.9. The molecule has 0 amide bonds. The zero-order valence-corrected chi connectivity index (χ0v) is 24.5. The highest BCUT2D eigenvalue weighted by Crippen LogP contribution is 2.44. The van der Waals surface area contributed by atoms with Crippen LogP contribution in [-0.4, -0.2) is 38.5 Å². The first kappa shape index (κ1) is 27.8. The van der Waals surface area contributed by atoms with Crippen LogP contribution in [-0.2, 0) is 9.84 Å². The number of hydrogen-bond donors (Lipinski definition) is 2. The third kappa shape index (κ3) is 5.34. The van der Waals surface area contributed by atoms with Crippen LogP contribution in [0.25, 0.3) is 11.3 Å². The van der Waals surface area contributed by atoms with E-state index in [0.717, 1.165) is 17.4 Å². The van der Waals surface area contributed by atoms with Gasteiger partial charge in [0.15, 0.2) is 14.1 Å². The quantitative estimate of drug-likeness (QED) is 0.297. The zero-order valence-electron chi connectivity index (χ0n) is 22.8. The van der Waals surface area contributed by atoms with E-state index in [1.54, 1.807) is 31.4 Å². The van der Waals surface area contributed by atoms with Crippen LogP contribution in [0.2, 0.25) is 23.2 Å². The molecule has 0 bridgehead atoms. The lowest BCUT2D eigenvalue weighted by Gasteiger charge is -2.39. The molecule has 200 valence electrons. The van der Waals surface area contributed by atoms with Gasteiger partial charge < -0.3 is 19.8 Å². The predicted molar refractivity (Wildman–Crippen MR) is 152 cm³/mol. The standard InChI is InChI=1S/C28H33ClFN5O2Si/c1-27(2,3)38(6,7)37-16-28(4)15-33-24-18(13-31)10-17(11-20(24)28)25-21(30)14-32-26(35-25)34-22-12-19(29)8-9-23(22)36-5/h8-12,14,33H,15-16H2,1-7H3,(H,32,34,35). The van der Waals surface area contributed by atoms with Crippen LogP contribution in [0.1, 0.15) is 38.8 Å². The number of methoxy groups -OCH3 is 1. The molecule has 0 saturated heterocycles. The van der Waals surface area contributed by atoms with Crippen LogP contribution in [0, 0.1) is 17.1 Å². The van der Waals surface area contributed by atoms with Crippen molar-refractivity contribution < 1.29 is 13.6 Å². The lowest BCUT2D eigenvalue weighted by molar-refractivity contribution is 0.220. The summed E-state index contributed by atoms with van der Waals surface area (Å²) >= 11 is 6.14. The number of nitrogens with one attached hydrogen (secondary N) is 2. The van der Waals surface area contributed by atoms with Gasteiger partial charge in [-0.15, -0.1) is 0 Å². The van der Waals surface area contributed by atoms with Gasteiger partial charge in [-0.25, -0.2) is 14.4 Å². The summed E-state index contributed by atoms with van der Waals surface area (Å²) in [6, 6.07) is 10.9. The summed E-state index contributed by atoms with van der Waals surface area (Å²) in [5.41, 5.74) is 2.82. The van der Waals surface area contributed by atoms with Gasteiger partial charge >= 0.3 is 0 Å². The lowest BCUT2D eigenvalue weighted by atomic mass is 9.83. The number of nitrogens with zero attached hydrogens (tertiary/aromatic N) is 3. The molecule has 1 aliphatic heterocycles. The molecule has 2 aromatic carbocycles. The summed E-state index contributed by atoms with van der Waals surface area (Å²) in [7, 11) is -0.466. The number of rotatable bonds is 7. The molecule has 1 unspecified atom stereocenters. The van der Waals surface area contributed by atoms with Crippen molar-refractivity contribution in [3.63, 3.8) is 0 Å². The Morgan fingerprint density at radius 1 is 1.26 bits per heavy atom. The fraction of sp³-hybridized carbons (Fsp3) is 0.393. The Morgan fingerprint density at radius 3 is 2.66 bits per heavy atom. The molecule has 10 heteroatoms. The van der Waals surface area contributed by atoms with Gasteiger partial charge in [-0.1, -0.05) is 39.3 Å². The van der Waals surface area contributed by atoms with E-state index in [-0.39, 0.29) is 16.7 Å². The van der Waals surface area contributed by atoms with E-state index in [1.165, 1.54) is 0 Å². The van der Waals surface area contributed by atoms with Crippen LogP contribution in [0.15, 0.2) is 36.5 Å². The Kier molecular flexibility index (Phi) is 7.45. The Bertz CT molecular complexity index is 1420. The van der Waals surface area contributed by atoms with Gasteiger partial charge in [-0.2, -0.15) is 5.26 Å². The summed E-state index contributed by atoms with van der Waals surface area (Å²) in [4.78, 5) is 8.56.